The number of carbonyl (C=O) groups excluding carboxylic acids is 2. The second-order valence-corrected chi connectivity index (χ2v) is 13.0. The molecule has 0 bridgehead atoms. The van der Waals surface area contributed by atoms with Crippen LogP contribution in [-0.4, -0.2) is 74.0 Å². The third-order valence-electron chi connectivity index (χ3n) is 8.07. The largest absolute Gasteiger partial charge is 0.454 e. The van der Waals surface area contributed by atoms with Gasteiger partial charge in [0.1, 0.15) is 34.6 Å². The second-order valence-electron chi connectivity index (χ2n) is 13.0. The molecule has 2 aliphatic rings. The summed E-state index contributed by atoms with van der Waals surface area (Å²) in [6.45, 7) is 7.48. The summed E-state index contributed by atoms with van der Waals surface area (Å²) in [5, 5.41) is 15.8. The monoisotopic (exact) mass is 704 g/mol. The van der Waals surface area contributed by atoms with Crippen LogP contribution in [0.3, 0.4) is 0 Å². The molecule has 6 rings (SSSR count). The molecule has 15 heteroatoms. The molecule has 0 aliphatic carbocycles. The zero-order chi connectivity index (χ0) is 36.7. The molecule has 2 aromatic heterocycles. The van der Waals surface area contributed by atoms with Crippen molar-refractivity contribution in [1.82, 2.24) is 30.2 Å². The number of nitrogens with two attached hydrogens (primary N) is 2. The summed E-state index contributed by atoms with van der Waals surface area (Å²) in [6, 6.07) is 13.6. The summed E-state index contributed by atoms with van der Waals surface area (Å²) < 4.78 is 52.7. The van der Waals surface area contributed by atoms with Crippen molar-refractivity contribution in [3.8, 4) is 11.5 Å². The minimum Gasteiger partial charge on any atom is -0.454 e. The summed E-state index contributed by atoms with van der Waals surface area (Å²) in [5.74, 6) is -2.24. The van der Waals surface area contributed by atoms with Gasteiger partial charge in [-0.25, -0.2) is 18.0 Å². The number of benzene rings is 2. The fourth-order valence-corrected chi connectivity index (χ4v) is 5.43. The molecule has 4 aromatic rings. The third-order valence-corrected chi connectivity index (χ3v) is 8.07. The Kier molecular flexibility index (Phi) is 11.4. The number of amides is 2. The minimum atomic E-state index is -0.893. The van der Waals surface area contributed by atoms with Crippen molar-refractivity contribution < 1.29 is 32.2 Å². The van der Waals surface area contributed by atoms with Gasteiger partial charge in [-0.1, -0.05) is 6.08 Å². The van der Waals surface area contributed by atoms with E-state index in [1.54, 1.807) is 23.1 Å². The Morgan fingerprint density at radius 2 is 1.47 bits per heavy atom. The van der Waals surface area contributed by atoms with Crippen molar-refractivity contribution in [1.29, 1.82) is 0 Å². The van der Waals surface area contributed by atoms with Crippen LogP contribution in [0, 0.1) is 17.5 Å². The van der Waals surface area contributed by atoms with Crippen LogP contribution in [0.2, 0.25) is 0 Å². The summed E-state index contributed by atoms with van der Waals surface area (Å²) in [7, 11) is 0. The molecule has 2 amide bonds. The maximum atomic E-state index is 14.6. The van der Waals surface area contributed by atoms with Crippen LogP contribution < -0.4 is 16.2 Å². The molecule has 0 unspecified atom stereocenters. The first kappa shape index (κ1) is 36.5. The molecule has 2 aliphatic heterocycles. The molecule has 4 N–H and O–H groups in total. The van der Waals surface area contributed by atoms with Crippen molar-refractivity contribution in [2.75, 3.05) is 37.6 Å². The normalized spacial score (nSPS) is 15.0. The lowest BCUT2D eigenvalue weighted by Gasteiger charge is -2.31. The zero-order valence-electron chi connectivity index (χ0n) is 28.5. The van der Waals surface area contributed by atoms with E-state index in [9.17, 15) is 22.8 Å². The zero-order valence-corrected chi connectivity index (χ0v) is 28.5. The van der Waals surface area contributed by atoms with Crippen LogP contribution in [0.4, 0.5) is 29.6 Å². The van der Waals surface area contributed by atoms with E-state index in [1.165, 1.54) is 17.0 Å². The van der Waals surface area contributed by atoms with Gasteiger partial charge in [-0.2, -0.15) is 5.10 Å². The Morgan fingerprint density at radius 1 is 0.804 bits per heavy atom. The lowest BCUT2D eigenvalue weighted by Crippen LogP contribution is -2.39. The third kappa shape index (κ3) is 9.93. The standard InChI is InChI=1S/C22H19F3N4O2.C14H20N4O2/c23-14-1-3-15(4-2-14)31-20-12-17(24)16(11-18(20)25)22(30)29-9-7-13(8-10-29)19-5-6-21(26)28-27-19;1-14(2,3)20-13(19)18-8-6-10(7-9-18)11-4-5-12(15)17-16-11/h1-6,11-13H,7-10H2,(H2,26,28);4-6H,7-9H2,1-3H3,(H2,15,17). The lowest BCUT2D eigenvalue weighted by atomic mass is 9.93. The second kappa shape index (κ2) is 15.9. The SMILES string of the molecule is CC(C)(C)OC(=O)N1CC=C(c2ccc(N)nn2)CC1.Nc1ccc(C2CCN(C(=O)c3cc(F)c(Oc4ccc(F)cc4)cc3F)CC2)nn1. The fraction of sp³-hybridized carbons (Fsp3) is 0.333. The van der Waals surface area contributed by atoms with Crippen LogP contribution in [0.25, 0.3) is 5.57 Å². The maximum Gasteiger partial charge on any atom is 0.410 e. The highest BCUT2D eigenvalue weighted by molar-refractivity contribution is 5.94. The number of anilines is 2. The highest BCUT2D eigenvalue weighted by Gasteiger charge is 2.28. The Hall–Kier alpha value is -5.73. The first-order valence-electron chi connectivity index (χ1n) is 16.3. The van der Waals surface area contributed by atoms with Crippen LogP contribution >= 0.6 is 0 Å². The minimum absolute atomic E-state index is 0.116. The molecule has 12 nitrogen and oxygen atoms in total. The van der Waals surface area contributed by atoms with Crippen LogP contribution in [-0.2, 0) is 4.74 Å². The smallest absolute Gasteiger partial charge is 0.410 e. The molecule has 268 valence electrons. The number of nitrogen functional groups attached to an aromatic ring is 2. The van der Waals surface area contributed by atoms with Gasteiger partial charge < -0.3 is 30.7 Å². The fourth-order valence-electron chi connectivity index (χ4n) is 5.43. The molecular weight excluding hydrogens is 665 g/mol. The van der Waals surface area contributed by atoms with Gasteiger partial charge in [-0.3, -0.25) is 4.79 Å². The summed E-state index contributed by atoms with van der Waals surface area (Å²) in [5.41, 5.74) is 12.9. The molecule has 51 heavy (non-hydrogen) atoms. The number of halogens is 3. The predicted molar refractivity (Wildman–Crippen MR) is 184 cm³/mol. The molecular formula is C36H39F3N8O4. The lowest BCUT2D eigenvalue weighted by molar-refractivity contribution is 0.0270. The van der Waals surface area contributed by atoms with Gasteiger partial charge in [-0.05, 0) is 100 Å². The maximum absolute atomic E-state index is 14.6. The van der Waals surface area contributed by atoms with Gasteiger partial charge in [0.05, 0.1) is 17.0 Å². The first-order chi connectivity index (χ1) is 24.3. The van der Waals surface area contributed by atoms with Crippen molar-refractivity contribution in [3.05, 3.63) is 101 Å². The molecule has 1 saturated heterocycles. The van der Waals surface area contributed by atoms with Gasteiger partial charge in [0.2, 0.25) is 0 Å². The first-order valence-corrected chi connectivity index (χ1v) is 16.3. The highest BCUT2D eigenvalue weighted by atomic mass is 19.1. The molecule has 0 atom stereocenters. The predicted octanol–water partition coefficient (Wildman–Crippen LogP) is 6.37. The van der Waals surface area contributed by atoms with Gasteiger partial charge in [0.15, 0.2) is 11.6 Å². The topological polar surface area (TPSA) is 163 Å². The van der Waals surface area contributed by atoms with E-state index >= 15 is 0 Å². The highest BCUT2D eigenvalue weighted by Crippen LogP contribution is 2.31. The van der Waals surface area contributed by atoms with Gasteiger partial charge in [-0.15, -0.1) is 15.3 Å². The van der Waals surface area contributed by atoms with E-state index in [4.69, 9.17) is 20.9 Å². The van der Waals surface area contributed by atoms with E-state index in [2.05, 4.69) is 20.4 Å². The Balaban J connectivity index is 0.000000218. The van der Waals surface area contributed by atoms with E-state index in [-0.39, 0.29) is 29.1 Å². The number of hydrogen-bond acceptors (Lipinski definition) is 10. The molecule has 0 radical (unpaired) electrons. The molecule has 1 fully saturated rings. The van der Waals surface area contributed by atoms with Crippen molar-refractivity contribution in [3.63, 3.8) is 0 Å². The average Bonchev–Trinajstić information content (AvgIpc) is 3.11. The van der Waals surface area contributed by atoms with E-state index in [1.807, 2.05) is 32.9 Å². The van der Waals surface area contributed by atoms with Gasteiger partial charge >= 0.3 is 6.09 Å². The van der Waals surface area contributed by atoms with E-state index in [0.717, 1.165) is 47.6 Å². The van der Waals surface area contributed by atoms with Crippen LogP contribution in [0.1, 0.15) is 67.7 Å². The molecule has 4 heterocycles. The van der Waals surface area contributed by atoms with Crippen molar-refractivity contribution >= 4 is 29.2 Å². The number of hydrogen-bond donors (Lipinski definition) is 2. The number of rotatable bonds is 5. The van der Waals surface area contributed by atoms with Gasteiger partial charge in [0, 0.05) is 38.2 Å². The van der Waals surface area contributed by atoms with Crippen molar-refractivity contribution in [2.24, 2.45) is 0 Å². The molecule has 0 spiro atoms. The quantitative estimate of drug-likeness (QED) is 0.239. The van der Waals surface area contributed by atoms with E-state index in [0.29, 0.717) is 50.7 Å². The molecule has 2 aromatic carbocycles. The number of ether oxygens (including phenoxy) is 2. The number of nitrogens with zero attached hydrogens (tertiary/aromatic N) is 6. The Morgan fingerprint density at radius 3 is 2.04 bits per heavy atom. The summed E-state index contributed by atoms with van der Waals surface area (Å²) in [4.78, 5) is 27.9. The number of carbonyl (C=O) groups is 2. The number of aromatic nitrogens is 4. The number of piperidine rings is 1. The summed E-state index contributed by atoms with van der Waals surface area (Å²) >= 11 is 0. The van der Waals surface area contributed by atoms with Gasteiger partial charge in [0.25, 0.3) is 5.91 Å². The average molecular weight is 705 g/mol. The van der Waals surface area contributed by atoms with Crippen LogP contribution in [0.15, 0.2) is 66.7 Å². The Labute approximate surface area is 293 Å². The summed E-state index contributed by atoms with van der Waals surface area (Å²) in [6.07, 6.45) is 3.68. The molecule has 0 saturated carbocycles. The van der Waals surface area contributed by atoms with Crippen LogP contribution in [0.5, 0.6) is 11.5 Å². The Bertz CT molecular complexity index is 1860. The number of likely N-dealkylation sites (tertiary alicyclic amines) is 1. The van der Waals surface area contributed by atoms with E-state index < -0.39 is 29.0 Å². The van der Waals surface area contributed by atoms with Crippen molar-refractivity contribution in [2.45, 2.75) is 51.6 Å².